The van der Waals surface area contributed by atoms with Gasteiger partial charge in [-0.25, -0.2) is 0 Å². The number of benzene rings is 1. The Bertz CT molecular complexity index is 402. The van der Waals surface area contributed by atoms with Crippen molar-refractivity contribution in [1.29, 1.82) is 0 Å². The third kappa shape index (κ3) is 2.77. The molecule has 1 unspecified atom stereocenters. The van der Waals surface area contributed by atoms with E-state index in [2.05, 4.69) is 52.0 Å². The van der Waals surface area contributed by atoms with Crippen LogP contribution in [0.25, 0.3) is 0 Å². The molecule has 18 heavy (non-hydrogen) atoms. The van der Waals surface area contributed by atoms with Crippen LogP contribution in [0.15, 0.2) is 24.3 Å². The Kier molecular flexibility index (Phi) is 3.55. The largest absolute Gasteiger partial charge is 0.321 e. The molecule has 0 bridgehead atoms. The highest BCUT2D eigenvalue weighted by Gasteiger charge is 2.38. The standard InChI is InChI=1S/C17H27N/c1-13(2)14-6-8-15(9-7-14)17(18)11-5-10-16(3,4)12-17/h6-9,13H,5,10-12,18H2,1-4H3. The second-order valence-electron chi connectivity index (χ2n) is 7.13. The average Bonchev–Trinajstić information content (AvgIpc) is 2.27. The van der Waals surface area contributed by atoms with E-state index in [0.29, 0.717) is 11.3 Å². The molecule has 100 valence electrons. The number of rotatable bonds is 2. The summed E-state index contributed by atoms with van der Waals surface area (Å²) in [5.74, 6) is 0.593. The van der Waals surface area contributed by atoms with Crippen LogP contribution in [0.1, 0.15) is 70.4 Å². The molecule has 1 heteroatoms. The maximum absolute atomic E-state index is 6.68. The summed E-state index contributed by atoms with van der Waals surface area (Å²) in [7, 11) is 0. The first-order valence-electron chi connectivity index (χ1n) is 7.22. The summed E-state index contributed by atoms with van der Waals surface area (Å²) < 4.78 is 0. The molecule has 0 radical (unpaired) electrons. The predicted molar refractivity (Wildman–Crippen MR) is 78.6 cm³/mol. The van der Waals surface area contributed by atoms with Gasteiger partial charge in [-0.3, -0.25) is 0 Å². The maximum atomic E-state index is 6.68. The topological polar surface area (TPSA) is 26.0 Å². The van der Waals surface area contributed by atoms with Gasteiger partial charge in [-0.05, 0) is 41.7 Å². The highest BCUT2D eigenvalue weighted by molar-refractivity contribution is 5.30. The summed E-state index contributed by atoms with van der Waals surface area (Å²) in [6.45, 7) is 9.15. The SMILES string of the molecule is CC(C)c1ccc(C2(N)CCCC(C)(C)C2)cc1. The molecule has 0 aromatic heterocycles. The second kappa shape index (κ2) is 4.70. The summed E-state index contributed by atoms with van der Waals surface area (Å²) in [6, 6.07) is 8.99. The first-order valence-corrected chi connectivity index (χ1v) is 7.22. The minimum atomic E-state index is -0.114. The minimum Gasteiger partial charge on any atom is -0.321 e. The van der Waals surface area contributed by atoms with Gasteiger partial charge in [0, 0.05) is 5.54 Å². The van der Waals surface area contributed by atoms with Crippen LogP contribution in [-0.2, 0) is 5.54 Å². The van der Waals surface area contributed by atoms with Crippen LogP contribution in [-0.4, -0.2) is 0 Å². The summed E-state index contributed by atoms with van der Waals surface area (Å²) in [5, 5.41) is 0. The molecule has 1 atom stereocenters. The lowest BCUT2D eigenvalue weighted by Gasteiger charge is -2.43. The van der Waals surface area contributed by atoms with E-state index in [9.17, 15) is 0 Å². The summed E-state index contributed by atoms with van der Waals surface area (Å²) >= 11 is 0. The maximum Gasteiger partial charge on any atom is 0.0414 e. The average molecular weight is 245 g/mol. The van der Waals surface area contributed by atoms with Crippen LogP contribution in [0.2, 0.25) is 0 Å². The van der Waals surface area contributed by atoms with Gasteiger partial charge in [0.15, 0.2) is 0 Å². The lowest BCUT2D eigenvalue weighted by molar-refractivity contribution is 0.151. The van der Waals surface area contributed by atoms with Gasteiger partial charge in [0.1, 0.15) is 0 Å². The van der Waals surface area contributed by atoms with E-state index in [-0.39, 0.29) is 5.54 Å². The molecule has 1 nitrogen and oxygen atoms in total. The van der Waals surface area contributed by atoms with E-state index in [1.165, 1.54) is 24.0 Å². The lowest BCUT2D eigenvalue weighted by Crippen LogP contribution is -2.44. The van der Waals surface area contributed by atoms with Gasteiger partial charge in [-0.2, -0.15) is 0 Å². The van der Waals surface area contributed by atoms with Crippen molar-refractivity contribution in [1.82, 2.24) is 0 Å². The molecular weight excluding hydrogens is 218 g/mol. The highest BCUT2D eigenvalue weighted by Crippen LogP contribution is 2.44. The number of nitrogens with two attached hydrogens (primary N) is 1. The Morgan fingerprint density at radius 1 is 1.06 bits per heavy atom. The zero-order valence-electron chi connectivity index (χ0n) is 12.3. The lowest BCUT2D eigenvalue weighted by atomic mass is 9.66. The van der Waals surface area contributed by atoms with Gasteiger partial charge < -0.3 is 5.73 Å². The summed E-state index contributed by atoms with van der Waals surface area (Å²) in [6.07, 6.45) is 4.77. The second-order valence-corrected chi connectivity index (χ2v) is 7.13. The van der Waals surface area contributed by atoms with Gasteiger partial charge >= 0.3 is 0 Å². The predicted octanol–water partition coefficient (Wildman–Crippen LogP) is 4.56. The molecule has 1 aromatic rings. The monoisotopic (exact) mass is 245 g/mol. The smallest absolute Gasteiger partial charge is 0.0414 e. The fourth-order valence-electron chi connectivity index (χ4n) is 3.36. The van der Waals surface area contributed by atoms with Gasteiger partial charge in [0.25, 0.3) is 0 Å². The molecule has 0 heterocycles. The van der Waals surface area contributed by atoms with E-state index in [0.717, 1.165) is 12.8 Å². The molecule has 0 saturated heterocycles. The first kappa shape index (κ1) is 13.6. The summed E-state index contributed by atoms with van der Waals surface area (Å²) in [4.78, 5) is 0. The Labute approximate surface area is 112 Å². The molecule has 1 aliphatic rings. The van der Waals surface area contributed by atoms with Crippen molar-refractivity contribution in [3.8, 4) is 0 Å². The Morgan fingerprint density at radius 2 is 1.67 bits per heavy atom. The molecule has 1 fully saturated rings. The molecular formula is C17H27N. The van der Waals surface area contributed by atoms with Crippen LogP contribution >= 0.6 is 0 Å². The molecule has 2 rings (SSSR count). The van der Waals surface area contributed by atoms with Crippen LogP contribution < -0.4 is 5.73 Å². The normalized spacial score (nSPS) is 27.4. The van der Waals surface area contributed by atoms with E-state index >= 15 is 0 Å². The van der Waals surface area contributed by atoms with Gasteiger partial charge in [-0.1, -0.05) is 58.4 Å². The van der Waals surface area contributed by atoms with E-state index in [1.54, 1.807) is 0 Å². The van der Waals surface area contributed by atoms with E-state index < -0.39 is 0 Å². The molecule has 1 aromatic carbocycles. The van der Waals surface area contributed by atoms with Gasteiger partial charge in [-0.15, -0.1) is 0 Å². The molecule has 0 aliphatic heterocycles. The number of hydrogen-bond acceptors (Lipinski definition) is 1. The third-order valence-corrected chi connectivity index (χ3v) is 4.42. The Hall–Kier alpha value is -0.820. The van der Waals surface area contributed by atoms with Crippen LogP contribution in [0.4, 0.5) is 0 Å². The minimum absolute atomic E-state index is 0.114. The molecule has 2 N–H and O–H groups in total. The molecule has 0 amide bonds. The van der Waals surface area contributed by atoms with Crippen molar-refractivity contribution in [2.45, 2.75) is 64.8 Å². The van der Waals surface area contributed by atoms with E-state index in [4.69, 9.17) is 5.73 Å². The van der Waals surface area contributed by atoms with Crippen molar-refractivity contribution in [2.75, 3.05) is 0 Å². The van der Waals surface area contributed by atoms with Crippen LogP contribution in [0.3, 0.4) is 0 Å². The van der Waals surface area contributed by atoms with E-state index in [1.807, 2.05) is 0 Å². The van der Waals surface area contributed by atoms with Crippen LogP contribution in [0.5, 0.6) is 0 Å². The fourth-order valence-corrected chi connectivity index (χ4v) is 3.36. The zero-order chi connectivity index (χ0) is 13.4. The summed E-state index contributed by atoms with van der Waals surface area (Å²) in [5.41, 5.74) is 9.67. The van der Waals surface area contributed by atoms with Crippen molar-refractivity contribution < 1.29 is 0 Å². The van der Waals surface area contributed by atoms with Gasteiger partial charge in [0.05, 0.1) is 0 Å². The van der Waals surface area contributed by atoms with Crippen molar-refractivity contribution in [2.24, 2.45) is 11.1 Å². The molecule has 1 saturated carbocycles. The molecule has 1 aliphatic carbocycles. The van der Waals surface area contributed by atoms with Crippen molar-refractivity contribution in [3.63, 3.8) is 0 Å². The van der Waals surface area contributed by atoms with Gasteiger partial charge in [0.2, 0.25) is 0 Å². The first-order chi connectivity index (χ1) is 8.32. The quantitative estimate of drug-likeness (QED) is 0.812. The highest BCUT2D eigenvalue weighted by atomic mass is 14.8. The molecule has 0 spiro atoms. The van der Waals surface area contributed by atoms with Crippen molar-refractivity contribution >= 4 is 0 Å². The number of hydrogen-bond donors (Lipinski definition) is 1. The fraction of sp³-hybridized carbons (Fsp3) is 0.647. The third-order valence-electron chi connectivity index (χ3n) is 4.42. The van der Waals surface area contributed by atoms with Crippen LogP contribution in [0, 0.1) is 5.41 Å². The Morgan fingerprint density at radius 3 is 2.17 bits per heavy atom. The van der Waals surface area contributed by atoms with Crippen molar-refractivity contribution in [3.05, 3.63) is 35.4 Å². The Balaban J connectivity index is 2.24. The zero-order valence-corrected chi connectivity index (χ0v) is 12.3.